The average molecular weight is 389 g/mol. The zero-order valence-electron chi connectivity index (χ0n) is 17.0. The Morgan fingerprint density at radius 1 is 0.931 bits per heavy atom. The highest BCUT2D eigenvalue weighted by atomic mass is 16.5. The SMILES string of the molecule is CNCCC(OCc1cccc(N(C(C)=O)c2ccccc2)c1)c1ccccc1. The van der Waals surface area contributed by atoms with Crippen LogP contribution in [0, 0.1) is 0 Å². The van der Waals surface area contributed by atoms with Gasteiger partial charge >= 0.3 is 0 Å². The van der Waals surface area contributed by atoms with Crippen LogP contribution in [0.2, 0.25) is 0 Å². The lowest BCUT2D eigenvalue weighted by Gasteiger charge is -2.23. The van der Waals surface area contributed by atoms with E-state index in [4.69, 9.17) is 4.74 Å². The number of rotatable bonds is 9. The van der Waals surface area contributed by atoms with Crippen LogP contribution in [0.1, 0.15) is 30.6 Å². The maximum absolute atomic E-state index is 12.3. The summed E-state index contributed by atoms with van der Waals surface area (Å²) in [6.07, 6.45) is 0.911. The Kier molecular flexibility index (Phi) is 7.56. The second-order valence-electron chi connectivity index (χ2n) is 6.96. The number of carbonyl (C=O) groups excluding carboxylic acids is 1. The molecule has 1 atom stereocenters. The first-order valence-electron chi connectivity index (χ1n) is 9.95. The smallest absolute Gasteiger partial charge is 0.228 e. The van der Waals surface area contributed by atoms with Crippen molar-refractivity contribution in [1.29, 1.82) is 0 Å². The average Bonchev–Trinajstić information content (AvgIpc) is 2.75. The van der Waals surface area contributed by atoms with Gasteiger partial charge in [0.25, 0.3) is 0 Å². The second-order valence-corrected chi connectivity index (χ2v) is 6.96. The molecule has 0 aliphatic rings. The Bertz CT molecular complexity index is 897. The molecule has 150 valence electrons. The van der Waals surface area contributed by atoms with Crippen LogP contribution in [0.5, 0.6) is 0 Å². The van der Waals surface area contributed by atoms with Crippen molar-refractivity contribution in [2.24, 2.45) is 0 Å². The molecular weight excluding hydrogens is 360 g/mol. The molecule has 4 heteroatoms. The Hall–Kier alpha value is -2.95. The number of para-hydroxylation sites is 1. The lowest BCUT2D eigenvalue weighted by molar-refractivity contribution is -0.115. The normalized spacial score (nSPS) is 11.8. The quantitative estimate of drug-likeness (QED) is 0.545. The van der Waals surface area contributed by atoms with Crippen LogP contribution >= 0.6 is 0 Å². The molecule has 0 heterocycles. The predicted molar refractivity (Wildman–Crippen MR) is 118 cm³/mol. The summed E-state index contributed by atoms with van der Waals surface area (Å²) in [6, 6.07) is 28.0. The van der Waals surface area contributed by atoms with Crippen LogP contribution in [0.4, 0.5) is 11.4 Å². The van der Waals surface area contributed by atoms with Gasteiger partial charge in [0.2, 0.25) is 5.91 Å². The molecule has 0 spiro atoms. The fraction of sp³-hybridized carbons (Fsp3) is 0.240. The summed E-state index contributed by atoms with van der Waals surface area (Å²) in [4.78, 5) is 14.0. The summed E-state index contributed by atoms with van der Waals surface area (Å²) >= 11 is 0. The van der Waals surface area contributed by atoms with Crippen LogP contribution in [0.25, 0.3) is 0 Å². The van der Waals surface area contributed by atoms with Crippen LogP contribution in [-0.4, -0.2) is 19.5 Å². The fourth-order valence-electron chi connectivity index (χ4n) is 3.36. The fourth-order valence-corrected chi connectivity index (χ4v) is 3.36. The molecule has 0 radical (unpaired) electrons. The summed E-state index contributed by atoms with van der Waals surface area (Å²) in [5, 5.41) is 3.20. The van der Waals surface area contributed by atoms with Gasteiger partial charge in [-0.3, -0.25) is 9.69 Å². The Balaban J connectivity index is 1.77. The molecule has 1 unspecified atom stereocenters. The predicted octanol–water partition coefficient (Wildman–Crippen LogP) is 5.24. The third-order valence-electron chi connectivity index (χ3n) is 4.78. The van der Waals surface area contributed by atoms with Gasteiger partial charge in [0.1, 0.15) is 0 Å². The van der Waals surface area contributed by atoms with Crippen molar-refractivity contribution in [2.75, 3.05) is 18.5 Å². The molecular formula is C25H28N2O2. The molecule has 29 heavy (non-hydrogen) atoms. The Morgan fingerprint density at radius 2 is 1.59 bits per heavy atom. The number of benzene rings is 3. The van der Waals surface area contributed by atoms with Gasteiger partial charge in [-0.05, 0) is 55.4 Å². The molecule has 0 saturated carbocycles. The number of nitrogens with one attached hydrogen (secondary N) is 1. The standard InChI is InChI=1S/C25H28N2O2/c1-20(28)27(23-13-7-4-8-14-23)24-15-9-10-21(18-24)19-29-25(16-17-26-2)22-11-5-3-6-12-22/h3-15,18,25-26H,16-17,19H2,1-2H3. The topological polar surface area (TPSA) is 41.6 Å². The molecule has 0 fully saturated rings. The number of hydrogen-bond acceptors (Lipinski definition) is 3. The molecule has 3 rings (SSSR count). The summed E-state index contributed by atoms with van der Waals surface area (Å²) in [5.41, 5.74) is 3.91. The highest BCUT2D eigenvalue weighted by Crippen LogP contribution is 2.28. The van der Waals surface area contributed by atoms with Crippen LogP contribution in [0.3, 0.4) is 0 Å². The Morgan fingerprint density at radius 3 is 2.24 bits per heavy atom. The molecule has 1 amide bonds. The van der Waals surface area contributed by atoms with Gasteiger partial charge in [0.05, 0.1) is 12.7 Å². The van der Waals surface area contributed by atoms with E-state index in [1.165, 1.54) is 5.56 Å². The van der Waals surface area contributed by atoms with Crippen LogP contribution in [0.15, 0.2) is 84.9 Å². The number of nitrogens with zero attached hydrogens (tertiary/aromatic N) is 1. The van der Waals surface area contributed by atoms with E-state index < -0.39 is 0 Å². The van der Waals surface area contributed by atoms with Crippen molar-refractivity contribution >= 4 is 17.3 Å². The number of hydrogen-bond donors (Lipinski definition) is 1. The molecule has 3 aromatic rings. The van der Waals surface area contributed by atoms with Crippen molar-refractivity contribution in [1.82, 2.24) is 5.32 Å². The van der Waals surface area contributed by atoms with E-state index in [1.54, 1.807) is 11.8 Å². The van der Waals surface area contributed by atoms with Crippen molar-refractivity contribution in [3.05, 3.63) is 96.1 Å². The molecule has 0 aliphatic carbocycles. The Labute approximate surface area is 173 Å². The van der Waals surface area contributed by atoms with Crippen molar-refractivity contribution < 1.29 is 9.53 Å². The van der Waals surface area contributed by atoms with Gasteiger partial charge in [-0.1, -0.05) is 60.7 Å². The van der Waals surface area contributed by atoms with E-state index in [0.717, 1.165) is 29.9 Å². The summed E-state index contributed by atoms with van der Waals surface area (Å²) in [7, 11) is 1.95. The van der Waals surface area contributed by atoms with E-state index >= 15 is 0 Å². The van der Waals surface area contributed by atoms with E-state index in [-0.39, 0.29) is 12.0 Å². The maximum Gasteiger partial charge on any atom is 0.228 e. The lowest BCUT2D eigenvalue weighted by atomic mass is 10.1. The minimum absolute atomic E-state index is 0.0188. The summed E-state index contributed by atoms with van der Waals surface area (Å²) < 4.78 is 6.27. The lowest BCUT2D eigenvalue weighted by Crippen LogP contribution is -2.22. The number of ether oxygens (including phenoxy) is 1. The number of anilines is 2. The molecule has 3 aromatic carbocycles. The zero-order valence-corrected chi connectivity index (χ0v) is 17.0. The van der Waals surface area contributed by atoms with Gasteiger partial charge in [-0.2, -0.15) is 0 Å². The summed E-state index contributed by atoms with van der Waals surface area (Å²) in [6.45, 7) is 2.95. The van der Waals surface area contributed by atoms with Gasteiger partial charge < -0.3 is 10.1 Å². The van der Waals surface area contributed by atoms with Gasteiger partial charge in [-0.15, -0.1) is 0 Å². The molecule has 1 N–H and O–H groups in total. The van der Waals surface area contributed by atoms with Gasteiger partial charge in [0, 0.05) is 18.3 Å². The third-order valence-corrected chi connectivity index (χ3v) is 4.78. The number of amides is 1. The highest BCUT2D eigenvalue weighted by Gasteiger charge is 2.15. The molecule has 4 nitrogen and oxygen atoms in total. The van der Waals surface area contributed by atoms with Crippen molar-refractivity contribution in [2.45, 2.75) is 26.1 Å². The maximum atomic E-state index is 12.3. The van der Waals surface area contributed by atoms with Crippen LogP contribution < -0.4 is 10.2 Å². The summed E-state index contributed by atoms with van der Waals surface area (Å²) in [5.74, 6) is -0.0227. The first-order valence-corrected chi connectivity index (χ1v) is 9.95. The molecule has 0 saturated heterocycles. The van der Waals surface area contributed by atoms with E-state index in [9.17, 15) is 4.79 Å². The largest absolute Gasteiger partial charge is 0.369 e. The van der Waals surface area contributed by atoms with Gasteiger partial charge in [0.15, 0.2) is 0 Å². The second kappa shape index (κ2) is 10.6. The molecule has 0 bridgehead atoms. The van der Waals surface area contributed by atoms with E-state index in [2.05, 4.69) is 17.4 Å². The number of carbonyl (C=O) groups is 1. The minimum atomic E-state index is -0.0227. The first kappa shape index (κ1) is 20.8. The van der Waals surface area contributed by atoms with E-state index in [1.807, 2.05) is 79.8 Å². The van der Waals surface area contributed by atoms with Crippen molar-refractivity contribution in [3.8, 4) is 0 Å². The minimum Gasteiger partial charge on any atom is -0.369 e. The van der Waals surface area contributed by atoms with E-state index in [0.29, 0.717) is 6.61 Å². The monoisotopic (exact) mass is 388 g/mol. The van der Waals surface area contributed by atoms with Gasteiger partial charge in [-0.25, -0.2) is 0 Å². The third kappa shape index (κ3) is 5.76. The first-order chi connectivity index (χ1) is 14.2. The van der Waals surface area contributed by atoms with Crippen LogP contribution in [-0.2, 0) is 16.1 Å². The highest BCUT2D eigenvalue weighted by molar-refractivity contribution is 5.99. The zero-order chi connectivity index (χ0) is 20.5. The molecule has 0 aliphatic heterocycles. The molecule has 0 aromatic heterocycles. The van der Waals surface area contributed by atoms with Crippen molar-refractivity contribution in [3.63, 3.8) is 0 Å².